The van der Waals surface area contributed by atoms with Crippen molar-refractivity contribution >= 4 is 15.9 Å². The summed E-state index contributed by atoms with van der Waals surface area (Å²) < 4.78 is 39.0. The van der Waals surface area contributed by atoms with E-state index in [0.29, 0.717) is 16.6 Å². The molecule has 1 aliphatic heterocycles. The molecular weight excluding hydrogens is 283 g/mol. The Balaban J connectivity index is 2.43. The van der Waals surface area contributed by atoms with Crippen LogP contribution in [0.2, 0.25) is 0 Å². The normalized spacial score (nSPS) is 21.4. The average molecular weight is 294 g/mol. The summed E-state index contributed by atoms with van der Waals surface area (Å²) in [6.07, 6.45) is -3.51. The molecule has 0 spiro atoms. The van der Waals surface area contributed by atoms with Gasteiger partial charge in [-0.1, -0.05) is 22.0 Å². The molecule has 88 valence electrons. The topological polar surface area (TPSA) is 12.0 Å². The average Bonchev–Trinajstić information content (AvgIpc) is 2.69. The Morgan fingerprint density at radius 1 is 1.31 bits per heavy atom. The van der Waals surface area contributed by atoms with E-state index >= 15 is 0 Å². The number of nitrogens with one attached hydrogen (secondary N) is 1. The predicted octanol–water partition coefficient (Wildman–Crippen LogP) is 3.54. The molecule has 1 unspecified atom stereocenters. The van der Waals surface area contributed by atoms with Gasteiger partial charge in [-0.3, -0.25) is 0 Å². The van der Waals surface area contributed by atoms with Crippen LogP contribution < -0.4 is 5.32 Å². The van der Waals surface area contributed by atoms with Crippen molar-refractivity contribution in [1.82, 2.24) is 5.32 Å². The van der Waals surface area contributed by atoms with Crippen molar-refractivity contribution in [3.63, 3.8) is 0 Å². The highest BCUT2D eigenvalue weighted by atomic mass is 79.9. The first kappa shape index (κ1) is 11.9. The first-order valence-corrected chi connectivity index (χ1v) is 5.85. The minimum absolute atomic E-state index is 0.0234. The van der Waals surface area contributed by atoms with Gasteiger partial charge in [-0.25, -0.2) is 0 Å². The quantitative estimate of drug-likeness (QED) is 0.835. The summed E-state index contributed by atoms with van der Waals surface area (Å²) in [5.41, 5.74) is -0.115. The maximum absolute atomic E-state index is 12.8. The zero-order chi connectivity index (χ0) is 11.8. The summed E-state index contributed by atoms with van der Waals surface area (Å²) in [5.74, 6) is -0.0234. The van der Waals surface area contributed by atoms with Gasteiger partial charge >= 0.3 is 6.18 Å². The van der Waals surface area contributed by atoms with Crippen LogP contribution in [0.4, 0.5) is 13.2 Å². The minimum atomic E-state index is -4.28. The van der Waals surface area contributed by atoms with Crippen molar-refractivity contribution in [2.24, 2.45) is 0 Å². The Kier molecular flexibility index (Phi) is 3.26. The van der Waals surface area contributed by atoms with E-state index in [0.717, 1.165) is 19.0 Å². The molecule has 1 aliphatic rings. The van der Waals surface area contributed by atoms with Gasteiger partial charge in [0.15, 0.2) is 0 Å². The standard InChI is InChI=1S/C11H11BrF3N/c12-8-1-2-9(7-3-4-16-6-7)10(5-8)11(13,14)15/h1-2,5,7,16H,3-4,6H2. The van der Waals surface area contributed by atoms with Crippen LogP contribution in [0, 0.1) is 0 Å². The molecule has 0 radical (unpaired) electrons. The fraction of sp³-hybridized carbons (Fsp3) is 0.455. The Hall–Kier alpha value is -0.550. The molecule has 1 aromatic carbocycles. The summed E-state index contributed by atoms with van der Waals surface area (Å²) in [7, 11) is 0. The Bertz CT molecular complexity index is 383. The van der Waals surface area contributed by atoms with E-state index < -0.39 is 11.7 Å². The van der Waals surface area contributed by atoms with Crippen LogP contribution in [0.3, 0.4) is 0 Å². The van der Waals surface area contributed by atoms with Crippen LogP contribution in [0.5, 0.6) is 0 Å². The van der Waals surface area contributed by atoms with Crippen molar-refractivity contribution in [3.8, 4) is 0 Å². The first-order valence-electron chi connectivity index (χ1n) is 5.06. The zero-order valence-corrected chi connectivity index (χ0v) is 10.0. The molecular formula is C11H11BrF3N. The van der Waals surface area contributed by atoms with Crippen molar-refractivity contribution in [3.05, 3.63) is 33.8 Å². The molecule has 0 amide bonds. The summed E-state index contributed by atoms with van der Waals surface area (Å²) in [6.45, 7) is 1.42. The molecule has 1 nitrogen and oxygen atoms in total. The van der Waals surface area contributed by atoms with E-state index in [-0.39, 0.29) is 5.92 Å². The van der Waals surface area contributed by atoms with E-state index in [9.17, 15) is 13.2 Å². The Morgan fingerprint density at radius 2 is 2.06 bits per heavy atom. The highest BCUT2D eigenvalue weighted by Gasteiger charge is 2.35. The lowest BCUT2D eigenvalue weighted by Gasteiger charge is -2.17. The Morgan fingerprint density at radius 3 is 2.62 bits per heavy atom. The van der Waals surface area contributed by atoms with E-state index in [1.165, 1.54) is 0 Å². The molecule has 0 saturated carbocycles. The van der Waals surface area contributed by atoms with Crippen LogP contribution in [0.15, 0.2) is 22.7 Å². The molecule has 1 heterocycles. The lowest BCUT2D eigenvalue weighted by atomic mass is 9.93. The molecule has 16 heavy (non-hydrogen) atoms. The highest BCUT2D eigenvalue weighted by molar-refractivity contribution is 9.10. The van der Waals surface area contributed by atoms with Crippen molar-refractivity contribution in [1.29, 1.82) is 0 Å². The monoisotopic (exact) mass is 293 g/mol. The van der Waals surface area contributed by atoms with Crippen LogP contribution in [0.25, 0.3) is 0 Å². The van der Waals surface area contributed by atoms with Gasteiger partial charge in [0.1, 0.15) is 0 Å². The maximum atomic E-state index is 12.8. The summed E-state index contributed by atoms with van der Waals surface area (Å²) >= 11 is 3.08. The van der Waals surface area contributed by atoms with Gasteiger partial charge in [-0.15, -0.1) is 0 Å². The Labute approximate surface area is 100 Å². The van der Waals surface area contributed by atoms with E-state index in [1.54, 1.807) is 12.1 Å². The van der Waals surface area contributed by atoms with Gasteiger partial charge in [0.25, 0.3) is 0 Å². The van der Waals surface area contributed by atoms with Crippen LogP contribution in [-0.4, -0.2) is 13.1 Å². The third-order valence-corrected chi connectivity index (χ3v) is 3.31. The lowest BCUT2D eigenvalue weighted by Crippen LogP contribution is -2.14. The second kappa shape index (κ2) is 4.37. The smallest absolute Gasteiger partial charge is 0.316 e. The number of benzene rings is 1. The largest absolute Gasteiger partial charge is 0.416 e. The third-order valence-electron chi connectivity index (χ3n) is 2.82. The third kappa shape index (κ3) is 2.40. The van der Waals surface area contributed by atoms with Gasteiger partial charge in [-0.05, 0) is 36.6 Å². The second-order valence-electron chi connectivity index (χ2n) is 3.92. The molecule has 0 aliphatic carbocycles. The molecule has 0 bridgehead atoms. The van der Waals surface area contributed by atoms with Crippen molar-refractivity contribution in [2.75, 3.05) is 13.1 Å². The molecule has 2 rings (SSSR count). The van der Waals surface area contributed by atoms with Gasteiger partial charge in [0, 0.05) is 11.0 Å². The van der Waals surface area contributed by atoms with Gasteiger partial charge in [0.05, 0.1) is 5.56 Å². The summed E-state index contributed by atoms with van der Waals surface area (Å²) in [6, 6.07) is 4.40. The van der Waals surface area contributed by atoms with E-state index in [1.807, 2.05) is 0 Å². The van der Waals surface area contributed by atoms with Crippen molar-refractivity contribution in [2.45, 2.75) is 18.5 Å². The molecule has 1 fully saturated rings. The SMILES string of the molecule is FC(F)(F)c1cc(Br)ccc1C1CCNC1. The van der Waals surface area contributed by atoms with E-state index in [2.05, 4.69) is 21.2 Å². The summed E-state index contributed by atoms with van der Waals surface area (Å²) in [4.78, 5) is 0. The lowest BCUT2D eigenvalue weighted by molar-refractivity contribution is -0.138. The van der Waals surface area contributed by atoms with Crippen LogP contribution in [-0.2, 0) is 6.18 Å². The van der Waals surface area contributed by atoms with Crippen molar-refractivity contribution < 1.29 is 13.2 Å². The van der Waals surface area contributed by atoms with Gasteiger partial charge in [-0.2, -0.15) is 13.2 Å². The minimum Gasteiger partial charge on any atom is -0.316 e. The summed E-state index contributed by atoms with van der Waals surface area (Å²) in [5, 5.41) is 3.09. The van der Waals surface area contributed by atoms with Gasteiger partial charge in [0.2, 0.25) is 0 Å². The fourth-order valence-corrected chi connectivity index (χ4v) is 2.41. The van der Waals surface area contributed by atoms with Crippen LogP contribution in [0.1, 0.15) is 23.5 Å². The highest BCUT2D eigenvalue weighted by Crippen LogP contribution is 2.38. The molecule has 0 aromatic heterocycles. The molecule has 1 aromatic rings. The second-order valence-corrected chi connectivity index (χ2v) is 4.83. The molecule has 1 N–H and O–H groups in total. The number of hydrogen-bond donors (Lipinski definition) is 1. The number of hydrogen-bond acceptors (Lipinski definition) is 1. The number of rotatable bonds is 1. The number of alkyl halides is 3. The maximum Gasteiger partial charge on any atom is 0.416 e. The van der Waals surface area contributed by atoms with Crippen LogP contribution >= 0.6 is 15.9 Å². The molecule has 1 saturated heterocycles. The molecule has 1 atom stereocenters. The van der Waals surface area contributed by atoms with Gasteiger partial charge < -0.3 is 5.32 Å². The molecule has 5 heteroatoms. The predicted molar refractivity (Wildman–Crippen MR) is 59.4 cm³/mol. The van der Waals surface area contributed by atoms with E-state index in [4.69, 9.17) is 0 Å². The number of halogens is 4. The zero-order valence-electron chi connectivity index (χ0n) is 8.44. The fourth-order valence-electron chi connectivity index (χ4n) is 2.05. The first-order chi connectivity index (χ1) is 7.48.